The second kappa shape index (κ2) is 9.28. The van der Waals surface area contributed by atoms with E-state index in [1.54, 1.807) is 12.1 Å². The Bertz CT molecular complexity index is 637. The number of halogens is 1. The minimum Gasteiger partial charge on any atom is -0.469 e. The van der Waals surface area contributed by atoms with Gasteiger partial charge in [-0.15, -0.1) is 0 Å². The van der Waals surface area contributed by atoms with Crippen LogP contribution >= 0.6 is 28.1 Å². The molecule has 1 aromatic rings. The molecule has 2 rings (SSSR count). The summed E-state index contributed by atoms with van der Waals surface area (Å²) in [5, 5.41) is 0. The Morgan fingerprint density at radius 2 is 2.08 bits per heavy atom. The van der Waals surface area contributed by atoms with E-state index in [-0.39, 0.29) is 5.97 Å². The van der Waals surface area contributed by atoms with Gasteiger partial charge in [0.25, 0.3) is 0 Å². The first-order valence-electron chi connectivity index (χ1n) is 9.01. The molecule has 0 saturated carbocycles. The van der Waals surface area contributed by atoms with Crippen LogP contribution in [0.5, 0.6) is 0 Å². The van der Waals surface area contributed by atoms with E-state index in [0.717, 1.165) is 35.0 Å². The number of rotatable bonds is 6. The minimum absolute atomic E-state index is 0.208. The number of carbonyl (C=O) groups excluding carboxylic acids is 1. The van der Waals surface area contributed by atoms with E-state index < -0.39 is 0 Å². The van der Waals surface area contributed by atoms with Crippen LogP contribution in [0.15, 0.2) is 4.47 Å². The van der Waals surface area contributed by atoms with Crippen molar-refractivity contribution in [1.82, 2.24) is 4.31 Å². The molecule has 0 radical (unpaired) electrons. The number of anilines is 1. The molecule has 0 bridgehead atoms. The van der Waals surface area contributed by atoms with Crippen LogP contribution in [0.1, 0.15) is 55.4 Å². The van der Waals surface area contributed by atoms with Crippen molar-refractivity contribution in [2.24, 2.45) is 0 Å². The maximum absolute atomic E-state index is 11.8. The molecule has 25 heavy (non-hydrogen) atoms. The van der Waals surface area contributed by atoms with Gasteiger partial charge in [-0.2, -0.15) is 0 Å². The number of nitrogens with zero attached hydrogens (tertiary/aromatic N) is 1. The maximum Gasteiger partial charge on any atom is 0.310 e. The summed E-state index contributed by atoms with van der Waals surface area (Å²) < 4.78 is 12.0. The Labute approximate surface area is 164 Å². The van der Waals surface area contributed by atoms with Gasteiger partial charge in [0, 0.05) is 29.2 Å². The largest absolute Gasteiger partial charge is 0.469 e. The molecule has 6 heteroatoms. The molecule has 1 heterocycles. The standard InChI is InChI=1S/C19H29BrN2O2S/c1-6-8-14(7-2)22-10-9-15-12(3)18(20)16(11-17(23)24-5)13(4)19(15)21-25-22/h14,21H,6-11H2,1-5H3. The van der Waals surface area contributed by atoms with E-state index >= 15 is 0 Å². The van der Waals surface area contributed by atoms with E-state index in [1.807, 2.05) is 0 Å². The average Bonchev–Trinajstić information content (AvgIpc) is 2.84. The fourth-order valence-corrected chi connectivity index (χ4v) is 5.23. The number of methoxy groups -OCH3 is 1. The summed E-state index contributed by atoms with van der Waals surface area (Å²) in [6.45, 7) is 9.77. The molecule has 1 unspecified atom stereocenters. The van der Waals surface area contributed by atoms with Gasteiger partial charge in [-0.1, -0.05) is 36.2 Å². The summed E-state index contributed by atoms with van der Waals surface area (Å²) in [6, 6.07) is 0.593. The number of fused-ring (bicyclic) bond motifs is 1. The molecule has 0 aromatic heterocycles. The van der Waals surface area contributed by atoms with Crippen LogP contribution in [0.4, 0.5) is 5.69 Å². The Morgan fingerprint density at radius 1 is 1.36 bits per heavy atom. The zero-order chi connectivity index (χ0) is 18.6. The summed E-state index contributed by atoms with van der Waals surface area (Å²) in [5.74, 6) is -0.208. The quantitative estimate of drug-likeness (QED) is 0.498. The van der Waals surface area contributed by atoms with E-state index in [4.69, 9.17) is 4.74 Å². The maximum atomic E-state index is 11.8. The minimum atomic E-state index is -0.208. The summed E-state index contributed by atoms with van der Waals surface area (Å²) >= 11 is 5.43. The zero-order valence-corrected chi connectivity index (χ0v) is 18.3. The SMILES string of the molecule is CCCC(CC)N1CCc2c(C)c(Br)c(CC(=O)OC)c(C)c2NS1. The van der Waals surface area contributed by atoms with Crippen LogP contribution in [-0.4, -0.2) is 30.0 Å². The van der Waals surface area contributed by atoms with Crippen molar-refractivity contribution in [1.29, 1.82) is 0 Å². The molecule has 1 atom stereocenters. The van der Waals surface area contributed by atoms with Crippen molar-refractivity contribution in [2.75, 3.05) is 18.4 Å². The summed E-state index contributed by atoms with van der Waals surface area (Å²) in [5.41, 5.74) is 5.89. The molecule has 1 aromatic carbocycles. The average molecular weight is 429 g/mol. The molecule has 1 aliphatic heterocycles. The highest BCUT2D eigenvalue weighted by atomic mass is 79.9. The fraction of sp³-hybridized carbons (Fsp3) is 0.632. The molecule has 140 valence electrons. The lowest BCUT2D eigenvalue weighted by atomic mass is 9.93. The highest BCUT2D eigenvalue weighted by Gasteiger charge is 2.26. The normalized spacial score (nSPS) is 15.9. The third-order valence-electron chi connectivity index (χ3n) is 5.07. The van der Waals surface area contributed by atoms with Crippen molar-refractivity contribution in [2.45, 2.75) is 65.8 Å². The second-order valence-corrected chi connectivity index (χ2v) is 8.23. The summed E-state index contributed by atoms with van der Waals surface area (Å²) in [7, 11) is 1.44. The van der Waals surface area contributed by atoms with Crippen molar-refractivity contribution >= 4 is 39.7 Å². The second-order valence-electron chi connectivity index (χ2n) is 6.58. The number of hydrogen-bond donors (Lipinski definition) is 1. The molecule has 0 saturated heterocycles. The smallest absolute Gasteiger partial charge is 0.310 e. The Kier molecular flexibility index (Phi) is 7.65. The Morgan fingerprint density at radius 3 is 2.68 bits per heavy atom. The van der Waals surface area contributed by atoms with Gasteiger partial charge in [0.05, 0.1) is 19.2 Å². The monoisotopic (exact) mass is 428 g/mol. The first kappa shape index (κ1) is 20.6. The van der Waals surface area contributed by atoms with Gasteiger partial charge in [-0.25, -0.2) is 4.31 Å². The predicted octanol–water partition coefficient (Wildman–Crippen LogP) is 5.19. The highest BCUT2D eigenvalue weighted by Crippen LogP contribution is 2.39. The van der Waals surface area contributed by atoms with Gasteiger partial charge in [0.2, 0.25) is 0 Å². The molecule has 1 aliphatic rings. The number of benzene rings is 1. The van der Waals surface area contributed by atoms with Crippen LogP contribution in [-0.2, 0) is 22.4 Å². The number of carbonyl (C=O) groups is 1. The number of ether oxygens (including phenoxy) is 1. The van der Waals surface area contributed by atoms with Crippen molar-refractivity contribution in [3.8, 4) is 0 Å². The Balaban J connectivity index is 2.34. The van der Waals surface area contributed by atoms with Crippen LogP contribution in [0.25, 0.3) is 0 Å². The molecular weight excluding hydrogens is 400 g/mol. The van der Waals surface area contributed by atoms with Crippen LogP contribution in [0.3, 0.4) is 0 Å². The highest BCUT2D eigenvalue weighted by molar-refractivity contribution is 9.10. The number of esters is 1. The Hall–Kier alpha value is -0.720. The fourth-order valence-electron chi connectivity index (χ4n) is 3.48. The lowest BCUT2D eigenvalue weighted by Gasteiger charge is -2.27. The van der Waals surface area contributed by atoms with Gasteiger partial charge in [0.15, 0.2) is 0 Å². The molecule has 0 aliphatic carbocycles. The van der Waals surface area contributed by atoms with Crippen molar-refractivity contribution < 1.29 is 9.53 Å². The summed E-state index contributed by atoms with van der Waals surface area (Å²) in [4.78, 5) is 11.8. The molecule has 0 amide bonds. The summed E-state index contributed by atoms with van der Waals surface area (Å²) in [6.07, 6.45) is 4.89. The molecule has 0 spiro atoms. The van der Waals surface area contributed by atoms with Gasteiger partial charge >= 0.3 is 5.97 Å². The zero-order valence-electron chi connectivity index (χ0n) is 15.9. The predicted molar refractivity (Wildman–Crippen MR) is 110 cm³/mol. The first-order valence-corrected chi connectivity index (χ1v) is 10.6. The lowest BCUT2D eigenvalue weighted by Crippen LogP contribution is -2.30. The van der Waals surface area contributed by atoms with E-state index in [1.165, 1.54) is 36.8 Å². The van der Waals surface area contributed by atoms with Gasteiger partial charge < -0.3 is 9.46 Å². The third-order valence-corrected chi connectivity index (χ3v) is 7.16. The number of hydrogen-bond acceptors (Lipinski definition) is 5. The van der Waals surface area contributed by atoms with Crippen molar-refractivity contribution in [3.05, 3.63) is 26.7 Å². The molecule has 0 fully saturated rings. The lowest BCUT2D eigenvalue weighted by molar-refractivity contribution is -0.139. The molecular formula is C19H29BrN2O2S. The van der Waals surface area contributed by atoms with Gasteiger partial charge in [-0.05, 0) is 55.4 Å². The van der Waals surface area contributed by atoms with Crippen molar-refractivity contribution in [3.63, 3.8) is 0 Å². The first-order chi connectivity index (χ1) is 11.9. The van der Waals surface area contributed by atoms with Crippen LogP contribution in [0, 0.1) is 13.8 Å². The van der Waals surface area contributed by atoms with E-state index in [0.29, 0.717) is 12.5 Å². The number of nitrogens with one attached hydrogen (secondary N) is 1. The molecule has 4 nitrogen and oxygen atoms in total. The van der Waals surface area contributed by atoms with E-state index in [9.17, 15) is 4.79 Å². The van der Waals surface area contributed by atoms with Gasteiger partial charge in [-0.3, -0.25) is 4.79 Å². The van der Waals surface area contributed by atoms with E-state index in [2.05, 4.69) is 52.7 Å². The topological polar surface area (TPSA) is 41.6 Å². The van der Waals surface area contributed by atoms with Gasteiger partial charge in [0.1, 0.15) is 0 Å². The van der Waals surface area contributed by atoms with Crippen LogP contribution < -0.4 is 4.72 Å². The van der Waals surface area contributed by atoms with Crippen LogP contribution in [0.2, 0.25) is 0 Å². The molecule has 1 N–H and O–H groups in total. The third kappa shape index (κ3) is 4.52.